The number of carbonyl (C=O) groups is 1. The molecule has 3 aliphatic rings. The summed E-state index contributed by atoms with van der Waals surface area (Å²) in [6, 6.07) is 0. The first kappa shape index (κ1) is 21.1. The second kappa shape index (κ2) is 8.05. The average molecular weight is 404 g/mol. The monoisotopic (exact) mass is 404 g/mol. The van der Waals surface area contributed by atoms with Crippen molar-refractivity contribution in [3.8, 4) is 0 Å². The van der Waals surface area contributed by atoms with E-state index in [9.17, 15) is 35.4 Å². The Kier molecular flexibility index (Phi) is 6.08. The molecule has 11 nitrogen and oxygen atoms in total. The molecule has 2 aliphatic heterocycles. The molecule has 0 bridgehead atoms. The molecule has 28 heavy (non-hydrogen) atoms. The molecule has 11 heteroatoms. The summed E-state index contributed by atoms with van der Waals surface area (Å²) in [7, 11) is 1.19. The van der Waals surface area contributed by atoms with E-state index in [-0.39, 0.29) is 5.57 Å². The molecule has 0 unspecified atom stereocenters. The second-order valence-corrected chi connectivity index (χ2v) is 6.96. The van der Waals surface area contributed by atoms with Crippen molar-refractivity contribution in [3.63, 3.8) is 0 Å². The first-order valence-electron chi connectivity index (χ1n) is 8.69. The fraction of sp³-hybridized carbons (Fsp3) is 0.706. The van der Waals surface area contributed by atoms with Gasteiger partial charge in [-0.3, -0.25) is 0 Å². The highest BCUT2D eigenvalue weighted by Crippen LogP contribution is 2.45. The number of fused-ring (bicyclic) bond motifs is 1. The number of allylic oxidation sites excluding steroid dienone is 1. The molecule has 0 spiro atoms. The number of esters is 1. The van der Waals surface area contributed by atoms with Crippen LogP contribution in [-0.4, -0.2) is 99.5 Å². The van der Waals surface area contributed by atoms with Crippen LogP contribution in [0, 0.1) is 11.8 Å². The number of carbonyl (C=O) groups excluding carboxylic acids is 1. The fourth-order valence-corrected chi connectivity index (χ4v) is 3.71. The van der Waals surface area contributed by atoms with Crippen molar-refractivity contribution >= 4 is 5.97 Å². The van der Waals surface area contributed by atoms with Crippen LogP contribution in [0.1, 0.15) is 0 Å². The van der Waals surface area contributed by atoms with Gasteiger partial charge >= 0.3 is 5.97 Å². The molecule has 0 aromatic rings. The zero-order valence-electron chi connectivity index (χ0n) is 15.0. The van der Waals surface area contributed by atoms with Crippen LogP contribution < -0.4 is 0 Å². The molecule has 1 saturated heterocycles. The van der Waals surface area contributed by atoms with Crippen LogP contribution in [-0.2, 0) is 23.7 Å². The number of ether oxygens (including phenoxy) is 4. The molecular formula is C17H24O11. The lowest BCUT2D eigenvalue weighted by Crippen LogP contribution is -2.61. The summed E-state index contributed by atoms with van der Waals surface area (Å²) in [6.07, 6.45) is -4.99. The van der Waals surface area contributed by atoms with Crippen molar-refractivity contribution in [1.82, 2.24) is 0 Å². The van der Waals surface area contributed by atoms with E-state index in [2.05, 4.69) is 0 Å². The lowest BCUT2D eigenvalue weighted by atomic mass is 9.79. The third kappa shape index (κ3) is 3.44. The third-order valence-electron chi connectivity index (χ3n) is 5.33. The summed E-state index contributed by atoms with van der Waals surface area (Å²) in [5, 5.41) is 59.5. The Morgan fingerprint density at radius 2 is 1.89 bits per heavy atom. The summed E-state index contributed by atoms with van der Waals surface area (Å²) in [4.78, 5) is 12.0. The molecule has 6 N–H and O–H groups in total. The summed E-state index contributed by atoms with van der Waals surface area (Å²) >= 11 is 0. The minimum atomic E-state index is -1.79. The van der Waals surface area contributed by atoms with E-state index in [1.54, 1.807) is 0 Å². The lowest BCUT2D eigenvalue weighted by molar-refractivity contribution is -0.346. The molecule has 1 aliphatic carbocycles. The molecule has 0 aromatic heterocycles. The van der Waals surface area contributed by atoms with Gasteiger partial charge in [0.05, 0.1) is 38.1 Å². The first-order chi connectivity index (χ1) is 13.3. The van der Waals surface area contributed by atoms with Crippen LogP contribution >= 0.6 is 0 Å². The first-order valence-corrected chi connectivity index (χ1v) is 8.69. The molecule has 0 amide bonds. The SMILES string of the molecule is COC(=O)C1=CO[C@@H](O[C@@H]2O[C@H](CO)[C@@H](O)[C@H](O)[C@H]2O)[C@H]2[C@H]1C=C[C@@]2(O)CO. The van der Waals surface area contributed by atoms with Crippen LogP contribution in [0.5, 0.6) is 0 Å². The van der Waals surface area contributed by atoms with Gasteiger partial charge < -0.3 is 49.6 Å². The molecular weight excluding hydrogens is 380 g/mol. The second-order valence-electron chi connectivity index (χ2n) is 6.96. The number of hydrogen-bond acceptors (Lipinski definition) is 11. The van der Waals surface area contributed by atoms with Gasteiger partial charge in [-0.25, -0.2) is 4.79 Å². The van der Waals surface area contributed by atoms with E-state index in [0.29, 0.717) is 0 Å². The Morgan fingerprint density at radius 3 is 2.50 bits per heavy atom. The van der Waals surface area contributed by atoms with E-state index in [4.69, 9.17) is 18.9 Å². The van der Waals surface area contributed by atoms with Crippen LogP contribution in [0.2, 0.25) is 0 Å². The highest BCUT2D eigenvalue weighted by molar-refractivity contribution is 5.89. The summed E-state index contributed by atoms with van der Waals surface area (Å²) in [5.41, 5.74) is -1.70. The Balaban J connectivity index is 1.85. The van der Waals surface area contributed by atoms with Crippen LogP contribution in [0.3, 0.4) is 0 Å². The Hall–Kier alpha value is -1.57. The van der Waals surface area contributed by atoms with Crippen molar-refractivity contribution in [2.45, 2.75) is 42.6 Å². The predicted molar refractivity (Wildman–Crippen MR) is 88.0 cm³/mol. The highest BCUT2D eigenvalue weighted by Gasteiger charge is 2.55. The van der Waals surface area contributed by atoms with Gasteiger partial charge in [-0.2, -0.15) is 0 Å². The van der Waals surface area contributed by atoms with Gasteiger partial charge in [0.1, 0.15) is 30.0 Å². The van der Waals surface area contributed by atoms with E-state index >= 15 is 0 Å². The summed E-state index contributed by atoms with van der Waals surface area (Å²) in [6.45, 7) is -1.34. The number of rotatable bonds is 5. The Labute approximate surface area is 160 Å². The number of aliphatic hydroxyl groups excluding tert-OH is 5. The number of hydrogen-bond donors (Lipinski definition) is 6. The summed E-state index contributed by atoms with van der Waals surface area (Å²) in [5.74, 6) is -2.40. The Morgan fingerprint density at radius 1 is 1.18 bits per heavy atom. The van der Waals surface area contributed by atoms with Gasteiger partial charge in [0, 0.05) is 5.92 Å². The maximum atomic E-state index is 12.0. The predicted octanol–water partition coefficient (Wildman–Crippen LogP) is -3.26. The van der Waals surface area contributed by atoms with Crippen molar-refractivity contribution < 1.29 is 54.4 Å². The molecule has 2 heterocycles. The quantitative estimate of drug-likeness (QED) is 0.200. The number of aliphatic hydroxyl groups is 6. The maximum absolute atomic E-state index is 12.0. The smallest absolute Gasteiger partial charge is 0.337 e. The van der Waals surface area contributed by atoms with Gasteiger partial charge in [-0.05, 0) is 0 Å². The van der Waals surface area contributed by atoms with E-state index in [0.717, 1.165) is 6.26 Å². The molecule has 158 valence electrons. The zero-order valence-corrected chi connectivity index (χ0v) is 15.0. The average Bonchev–Trinajstić information content (AvgIpc) is 3.06. The van der Waals surface area contributed by atoms with Gasteiger partial charge in [0.25, 0.3) is 0 Å². The van der Waals surface area contributed by atoms with Crippen LogP contribution in [0.25, 0.3) is 0 Å². The number of methoxy groups -OCH3 is 1. The van der Waals surface area contributed by atoms with Crippen molar-refractivity contribution in [2.75, 3.05) is 20.3 Å². The zero-order chi connectivity index (χ0) is 20.6. The van der Waals surface area contributed by atoms with Crippen LogP contribution in [0.15, 0.2) is 24.0 Å². The minimum Gasteiger partial charge on any atom is -0.471 e. The standard InChI is InChI=1S/C17H24O11/c1-25-14(23)8-5-26-15(10-7(8)2-3-17(10,24)6-19)28-16-13(22)12(21)11(20)9(4-18)27-16/h2-3,5,7,9-13,15-16,18-22,24H,4,6H2,1H3/t7-,9+,10+,11+,12-,13+,15-,16-,17+/m0/s1. The van der Waals surface area contributed by atoms with Crippen LogP contribution in [0.4, 0.5) is 0 Å². The van der Waals surface area contributed by atoms with Crippen molar-refractivity contribution in [2.24, 2.45) is 11.8 Å². The van der Waals surface area contributed by atoms with Gasteiger partial charge in [0.15, 0.2) is 6.29 Å². The largest absolute Gasteiger partial charge is 0.471 e. The molecule has 9 atom stereocenters. The summed E-state index contributed by atoms with van der Waals surface area (Å²) < 4.78 is 21.0. The molecule has 3 rings (SSSR count). The maximum Gasteiger partial charge on any atom is 0.337 e. The van der Waals surface area contributed by atoms with E-state index in [1.165, 1.54) is 19.3 Å². The van der Waals surface area contributed by atoms with E-state index in [1.807, 2.05) is 0 Å². The normalized spacial score (nSPS) is 45.2. The molecule has 0 aromatic carbocycles. The molecule has 0 radical (unpaired) electrons. The van der Waals surface area contributed by atoms with Crippen molar-refractivity contribution in [3.05, 3.63) is 24.0 Å². The topological polar surface area (TPSA) is 175 Å². The van der Waals surface area contributed by atoms with Gasteiger partial charge in [-0.15, -0.1) is 0 Å². The molecule has 0 saturated carbocycles. The minimum absolute atomic E-state index is 0.0989. The fourth-order valence-electron chi connectivity index (χ4n) is 3.71. The highest BCUT2D eigenvalue weighted by atomic mass is 16.8. The van der Waals surface area contributed by atoms with Gasteiger partial charge in [0.2, 0.25) is 6.29 Å². The van der Waals surface area contributed by atoms with Crippen molar-refractivity contribution in [1.29, 1.82) is 0 Å². The Bertz CT molecular complexity index is 647. The lowest BCUT2D eigenvalue weighted by Gasteiger charge is -2.44. The van der Waals surface area contributed by atoms with E-state index < -0.39 is 73.6 Å². The van der Waals surface area contributed by atoms with Gasteiger partial charge in [-0.1, -0.05) is 12.2 Å². The molecule has 1 fully saturated rings. The third-order valence-corrected chi connectivity index (χ3v) is 5.33.